The lowest BCUT2D eigenvalue weighted by Crippen LogP contribution is -2.46. The summed E-state index contributed by atoms with van der Waals surface area (Å²) in [5, 5.41) is 0. The van der Waals surface area contributed by atoms with E-state index in [0.29, 0.717) is 0 Å². The highest BCUT2D eigenvalue weighted by Gasteiger charge is 2.23. The Morgan fingerprint density at radius 3 is 2.07 bits per heavy atom. The van der Waals surface area contributed by atoms with E-state index in [1.54, 1.807) is 0 Å². The lowest BCUT2D eigenvalue weighted by atomic mass is 10.0. The molecule has 0 aromatic carbocycles. The number of nitrogens with zero attached hydrogens (tertiary/aromatic N) is 1. The zero-order valence-electron chi connectivity index (χ0n) is 9.33. The molecule has 2 N–H and O–H groups in total. The van der Waals surface area contributed by atoms with E-state index in [1.807, 2.05) is 18.7 Å². The van der Waals surface area contributed by atoms with Crippen molar-refractivity contribution in [2.24, 2.45) is 11.7 Å². The summed E-state index contributed by atoms with van der Waals surface area (Å²) >= 11 is 0. The summed E-state index contributed by atoms with van der Waals surface area (Å²) in [7, 11) is 0. The molecule has 1 saturated heterocycles. The van der Waals surface area contributed by atoms with Crippen LogP contribution in [0.15, 0.2) is 0 Å². The maximum atomic E-state index is 11.9. The van der Waals surface area contributed by atoms with E-state index in [9.17, 15) is 4.79 Å². The van der Waals surface area contributed by atoms with Crippen molar-refractivity contribution in [3.8, 4) is 0 Å². The predicted molar refractivity (Wildman–Crippen MR) is 57.9 cm³/mol. The topological polar surface area (TPSA) is 46.3 Å². The van der Waals surface area contributed by atoms with Crippen LogP contribution < -0.4 is 5.73 Å². The maximum absolute atomic E-state index is 11.9. The zero-order valence-corrected chi connectivity index (χ0v) is 9.33. The van der Waals surface area contributed by atoms with Gasteiger partial charge in [-0.25, -0.2) is 0 Å². The first-order chi connectivity index (χ1) is 6.63. The van der Waals surface area contributed by atoms with Gasteiger partial charge in [-0.2, -0.15) is 0 Å². The Bertz CT molecular complexity index is 184. The van der Waals surface area contributed by atoms with Gasteiger partial charge in [-0.05, 0) is 18.8 Å². The standard InChI is InChI=1S/C11H22N2O/c1-9(2)10(12)11(14)13-7-5-3-4-6-8-13/h9-10H,3-8,12H2,1-2H3/t10-/m0/s1. The van der Waals surface area contributed by atoms with Crippen molar-refractivity contribution in [3.05, 3.63) is 0 Å². The maximum Gasteiger partial charge on any atom is 0.239 e. The Hall–Kier alpha value is -0.570. The fourth-order valence-corrected chi connectivity index (χ4v) is 1.79. The third-order valence-electron chi connectivity index (χ3n) is 2.92. The minimum atomic E-state index is -0.312. The van der Waals surface area contributed by atoms with E-state index in [1.165, 1.54) is 12.8 Å². The fourth-order valence-electron chi connectivity index (χ4n) is 1.79. The second-order valence-electron chi connectivity index (χ2n) is 4.51. The molecular weight excluding hydrogens is 176 g/mol. The summed E-state index contributed by atoms with van der Waals surface area (Å²) < 4.78 is 0. The van der Waals surface area contributed by atoms with Gasteiger partial charge in [0, 0.05) is 13.1 Å². The molecule has 1 atom stereocenters. The molecule has 1 aliphatic rings. The SMILES string of the molecule is CC(C)[C@H](N)C(=O)N1CCCCCC1. The monoisotopic (exact) mass is 198 g/mol. The summed E-state index contributed by atoms with van der Waals surface area (Å²) in [5.74, 6) is 0.382. The Morgan fingerprint density at radius 1 is 1.14 bits per heavy atom. The van der Waals surface area contributed by atoms with Crippen LogP contribution in [0.5, 0.6) is 0 Å². The number of nitrogens with two attached hydrogens (primary N) is 1. The minimum Gasteiger partial charge on any atom is -0.341 e. The van der Waals surface area contributed by atoms with Crippen molar-refractivity contribution in [2.45, 2.75) is 45.6 Å². The number of rotatable bonds is 2. The molecule has 3 heteroatoms. The molecule has 0 aliphatic carbocycles. The number of amides is 1. The van der Waals surface area contributed by atoms with Gasteiger partial charge in [-0.3, -0.25) is 4.79 Å². The summed E-state index contributed by atoms with van der Waals surface area (Å²) in [5.41, 5.74) is 5.85. The molecule has 3 nitrogen and oxygen atoms in total. The van der Waals surface area contributed by atoms with Crippen LogP contribution in [0, 0.1) is 5.92 Å². The van der Waals surface area contributed by atoms with Gasteiger partial charge in [0.25, 0.3) is 0 Å². The lowest BCUT2D eigenvalue weighted by Gasteiger charge is -2.25. The highest BCUT2D eigenvalue weighted by atomic mass is 16.2. The molecule has 0 spiro atoms. The van der Waals surface area contributed by atoms with Crippen LogP contribution in [0.25, 0.3) is 0 Å². The van der Waals surface area contributed by atoms with Gasteiger partial charge < -0.3 is 10.6 Å². The van der Waals surface area contributed by atoms with Crippen molar-refractivity contribution in [1.29, 1.82) is 0 Å². The van der Waals surface area contributed by atoms with Gasteiger partial charge >= 0.3 is 0 Å². The van der Waals surface area contributed by atoms with Crippen LogP contribution in [-0.2, 0) is 4.79 Å². The molecule has 0 saturated carbocycles. The van der Waals surface area contributed by atoms with Crippen LogP contribution in [-0.4, -0.2) is 29.9 Å². The smallest absolute Gasteiger partial charge is 0.239 e. The average molecular weight is 198 g/mol. The minimum absolute atomic E-state index is 0.141. The summed E-state index contributed by atoms with van der Waals surface area (Å²) in [6, 6.07) is -0.312. The number of likely N-dealkylation sites (tertiary alicyclic amines) is 1. The molecular formula is C11H22N2O. The highest BCUT2D eigenvalue weighted by Crippen LogP contribution is 2.12. The lowest BCUT2D eigenvalue weighted by molar-refractivity contribution is -0.133. The average Bonchev–Trinajstić information content (AvgIpc) is 2.43. The molecule has 0 bridgehead atoms. The third-order valence-corrected chi connectivity index (χ3v) is 2.92. The Kier molecular flexibility index (Phi) is 4.39. The van der Waals surface area contributed by atoms with Crippen molar-refractivity contribution < 1.29 is 4.79 Å². The summed E-state index contributed by atoms with van der Waals surface area (Å²) in [4.78, 5) is 13.8. The molecule has 1 aliphatic heterocycles. The first-order valence-corrected chi connectivity index (χ1v) is 5.67. The number of hydrogen-bond acceptors (Lipinski definition) is 2. The molecule has 1 heterocycles. The van der Waals surface area contributed by atoms with Gasteiger partial charge in [0.1, 0.15) is 0 Å². The number of carbonyl (C=O) groups is 1. The highest BCUT2D eigenvalue weighted by molar-refractivity contribution is 5.81. The second kappa shape index (κ2) is 5.35. The largest absolute Gasteiger partial charge is 0.341 e. The molecule has 1 rings (SSSR count). The fraction of sp³-hybridized carbons (Fsp3) is 0.909. The van der Waals surface area contributed by atoms with Gasteiger partial charge in [-0.15, -0.1) is 0 Å². The first-order valence-electron chi connectivity index (χ1n) is 5.67. The van der Waals surface area contributed by atoms with Crippen molar-refractivity contribution in [3.63, 3.8) is 0 Å². The van der Waals surface area contributed by atoms with Crippen molar-refractivity contribution in [1.82, 2.24) is 4.90 Å². The molecule has 0 unspecified atom stereocenters. The zero-order chi connectivity index (χ0) is 10.6. The Morgan fingerprint density at radius 2 is 1.64 bits per heavy atom. The molecule has 1 amide bonds. The van der Waals surface area contributed by atoms with Crippen LogP contribution in [0.1, 0.15) is 39.5 Å². The first kappa shape index (κ1) is 11.5. The molecule has 82 valence electrons. The molecule has 0 aromatic heterocycles. The molecule has 0 aromatic rings. The number of carbonyl (C=O) groups excluding carboxylic acids is 1. The van der Waals surface area contributed by atoms with E-state index >= 15 is 0 Å². The molecule has 14 heavy (non-hydrogen) atoms. The van der Waals surface area contributed by atoms with Crippen molar-refractivity contribution >= 4 is 5.91 Å². The van der Waals surface area contributed by atoms with E-state index < -0.39 is 0 Å². The third kappa shape index (κ3) is 2.98. The van der Waals surface area contributed by atoms with Gasteiger partial charge in [0.05, 0.1) is 6.04 Å². The van der Waals surface area contributed by atoms with E-state index in [-0.39, 0.29) is 17.9 Å². The van der Waals surface area contributed by atoms with E-state index in [2.05, 4.69) is 0 Å². The summed E-state index contributed by atoms with van der Waals surface area (Å²) in [6.07, 6.45) is 4.77. The van der Waals surface area contributed by atoms with Crippen LogP contribution >= 0.6 is 0 Å². The normalized spacial score (nSPS) is 20.7. The predicted octanol–water partition coefficient (Wildman–Crippen LogP) is 1.37. The number of hydrogen-bond donors (Lipinski definition) is 1. The van der Waals surface area contributed by atoms with Crippen LogP contribution in [0.3, 0.4) is 0 Å². The van der Waals surface area contributed by atoms with E-state index in [0.717, 1.165) is 25.9 Å². The Labute approximate surface area is 86.6 Å². The summed E-state index contributed by atoms with van der Waals surface area (Å²) in [6.45, 7) is 5.80. The molecule has 0 radical (unpaired) electrons. The molecule has 1 fully saturated rings. The van der Waals surface area contributed by atoms with Gasteiger partial charge in [0.15, 0.2) is 0 Å². The van der Waals surface area contributed by atoms with Crippen LogP contribution in [0.4, 0.5) is 0 Å². The van der Waals surface area contributed by atoms with Crippen molar-refractivity contribution in [2.75, 3.05) is 13.1 Å². The second-order valence-corrected chi connectivity index (χ2v) is 4.51. The quantitative estimate of drug-likeness (QED) is 0.728. The Balaban J connectivity index is 2.49. The van der Waals surface area contributed by atoms with Crippen LogP contribution in [0.2, 0.25) is 0 Å². The van der Waals surface area contributed by atoms with E-state index in [4.69, 9.17) is 5.73 Å². The van der Waals surface area contributed by atoms with Gasteiger partial charge in [0.2, 0.25) is 5.91 Å². The van der Waals surface area contributed by atoms with Gasteiger partial charge in [-0.1, -0.05) is 26.7 Å².